The van der Waals surface area contributed by atoms with Gasteiger partial charge in [-0.2, -0.15) is 0 Å². The highest BCUT2D eigenvalue weighted by Gasteiger charge is 2.47. The summed E-state index contributed by atoms with van der Waals surface area (Å²) in [6.45, 7) is 0.364. The van der Waals surface area contributed by atoms with E-state index in [1.54, 1.807) is 16.7 Å². The minimum atomic E-state index is -0.494. The van der Waals surface area contributed by atoms with Gasteiger partial charge in [-0.15, -0.1) is 0 Å². The lowest BCUT2D eigenvalue weighted by molar-refractivity contribution is 0.137. The van der Waals surface area contributed by atoms with Crippen molar-refractivity contribution < 1.29 is 18.4 Å². The average molecular weight is 382 g/mol. The van der Waals surface area contributed by atoms with Crippen LogP contribution in [-0.2, 0) is 11.2 Å². The second-order valence-electron chi connectivity index (χ2n) is 6.70. The zero-order valence-electron chi connectivity index (χ0n) is 14.5. The SMILES string of the molecule is O=C1O[C@@H](CNc2ccon2)[C@@H]2Cc3cc(-n4ccc(=O)cc4)c(F)cc3N12. The summed E-state index contributed by atoms with van der Waals surface area (Å²) in [4.78, 5) is 25.2. The van der Waals surface area contributed by atoms with Crippen LogP contribution in [0.15, 0.2) is 58.3 Å². The number of hydrogen-bond acceptors (Lipinski definition) is 6. The van der Waals surface area contributed by atoms with Crippen LogP contribution < -0.4 is 15.6 Å². The molecule has 0 saturated carbocycles. The maximum absolute atomic E-state index is 14.7. The number of benzene rings is 1. The quantitative estimate of drug-likeness (QED) is 0.745. The second kappa shape index (κ2) is 6.22. The number of carbonyl (C=O) groups is 1. The summed E-state index contributed by atoms with van der Waals surface area (Å²) in [7, 11) is 0. The molecule has 0 spiro atoms. The van der Waals surface area contributed by atoms with Crippen LogP contribution in [0.25, 0.3) is 5.69 Å². The molecule has 8 nitrogen and oxygen atoms in total. The summed E-state index contributed by atoms with van der Waals surface area (Å²) in [5.74, 6) is 0.0663. The highest BCUT2D eigenvalue weighted by atomic mass is 19.1. The Kier molecular flexibility index (Phi) is 3.68. The number of rotatable bonds is 4. The Labute approximate surface area is 158 Å². The highest BCUT2D eigenvalue weighted by Crippen LogP contribution is 2.40. The number of fused-ring (bicyclic) bond motifs is 3. The number of carbonyl (C=O) groups excluding carboxylic acids is 1. The maximum Gasteiger partial charge on any atom is 0.415 e. The van der Waals surface area contributed by atoms with Crippen LogP contribution in [0.4, 0.5) is 20.7 Å². The number of amides is 1. The molecule has 4 heterocycles. The molecule has 1 amide bonds. The van der Waals surface area contributed by atoms with Crippen LogP contribution in [0, 0.1) is 5.82 Å². The lowest BCUT2D eigenvalue weighted by Crippen LogP contribution is -2.36. The smallest absolute Gasteiger partial charge is 0.415 e. The summed E-state index contributed by atoms with van der Waals surface area (Å²) in [6, 6.07) is 7.23. The number of pyridine rings is 1. The number of cyclic esters (lactones) is 1. The molecule has 2 aliphatic rings. The van der Waals surface area contributed by atoms with Gasteiger partial charge < -0.3 is 19.1 Å². The van der Waals surface area contributed by atoms with E-state index in [1.807, 2.05) is 0 Å². The first-order chi connectivity index (χ1) is 13.6. The third-order valence-corrected chi connectivity index (χ3v) is 5.05. The van der Waals surface area contributed by atoms with Gasteiger partial charge in [-0.1, -0.05) is 5.16 Å². The van der Waals surface area contributed by atoms with E-state index in [4.69, 9.17) is 9.26 Å². The highest BCUT2D eigenvalue weighted by molar-refractivity contribution is 5.94. The standard InChI is InChI=1S/C19H15FN4O4/c20-13-9-14-11(7-15(13)23-4-1-12(25)2-5-23)8-16-17(28-19(26)24(14)16)10-21-18-3-6-27-22-18/h1-7,9,16-17H,8,10H2,(H,21,22)/t16-,17-/m0/s1. The van der Waals surface area contributed by atoms with E-state index in [-0.39, 0.29) is 11.5 Å². The Balaban J connectivity index is 1.43. The number of aromatic nitrogens is 2. The van der Waals surface area contributed by atoms with Crippen molar-refractivity contribution in [3.63, 3.8) is 0 Å². The number of nitrogens with one attached hydrogen (secondary N) is 1. The van der Waals surface area contributed by atoms with Crippen molar-refractivity contribution in [3.8, 4) is 5.69 Å². The number of halogens is 1. The van der Waals surface area contributed by atoms with Crippen LogP contribution in [-0.4, -0.2) is 34.5 Å². The zero-order valence-corrected chi connectivity index (χ0v) is 14.5. The van der Waals surface area contributed by atoms with Crippen LogP contribution in [0.2, 0.25) is 0 Å². The van der Waals surface area contributed by atoms with Gasteiger partial charge in [0.2, 0.25) is 0 Å². The Morgan fingerprint density at radius 1 is 1.18 bits per heavy atom. The van der Waals surface area contributed by atoms with Crippen molar-refractivity contribution in [2.24, 2.45) is 0 Å². The topological polar surface area (TPSA) is 89.6 Å². The molecule has 0 unspecified atom stereocenters. The van der Waals surface area contributed by atoms with Crippen molar-refractivity contribution in [2.45, 2.75) is 18.6 Å². The van der Waals surface area contributed by atoms with Crippen LogP contribution in [0.5, 0.6) is 0 Å². The minimum absolute atomic E-state index is 0.149. The summed E-state index contributed by atoms with van der Waals surface area (Å²) >= 11 is 0. The molecule has 2 aromatic heterocycles. The fourth-order valence-electron chi connectivity index (χ4n) is 3.73. The van der Waals surface area contributed by atoms with Gasteiger partial charge in [0.1, 0.15) is 18.2 Å². The van der Waals surface area contributed by atoms with Crippen LogP contribution in [0.1, 0.15) is 5.56 Å². The molecule has 0 bridgehead atoms. The van der Waals surface area contributed by atoms with Crippen LogP contribution >= 0.6 is 0 Å². The normalized spacial score (nSPS) is 20.0. The molecular weight excluding hydrogens is 367 g/mol. The predicted molar refractivity (Wildman–Crippen MR) is 97.2 cm³/mol. The third kappa shape index (κ3) is 2.63. The van der Waals surface area contributed by atoms with Crippen LogP contribution in [0.3, 0.4) is 0 Å². The molecule has 2 atom stereocenters. The first kappa shape index (κ1) is 16.5. The second-order valence-corrected chi connectivity index (χ2v) is 6.70. The van der Waals surface area contributed by atoms with E-state index < -0.39 is 18.0 Å². The Morgan fingerprint density at radius 2 is 2.00 bits per heavy atom. The molecular formula is C19H15FN4O4. The van der Waals surface area contributed by atoms with E-state index >= 15 is 0 Å². The van der Waals surface area contributed by atoms with Gasteiger partial charge in [0.05, 0.1) is 24.0 Å². The summed E-state index contributed by atoms with van der Waals surface area (Å²) in [5.41, 5.74) is 1.54. The molecule has 1 N–H and O–H groups in total. The Hall–Kier alpha value is -3.62. The van der Waals surface area contributed by atoms with E-state index in [0.717, 1.165) is 5.56 Å². The van der Waals surface area contributed by atoms with Crippen molar-refractivity contribution in [3.05, 3.63) is 70.6 Å². The van der Waals surface area contributed by atoms with Crippen molar-refractivity contribution in [1.29, 1.82) is 0 Å². The minimum Gasteiger partial charge on any atom is -0.442 e. The number of nitrogens with zero attached hydrogens (tertiary/aromatic N) is 3. The Morgan fingerprint density at radius 3 is 2.75 bits per heavy atom. The summed E-state index contributed by atoms with van der Waals surface area (Å²) in [6.07, 6.45) is 4.12. The summed E-state index contributed by atoms with van der Waals surface area (Å²) in [5, 5.41) is 6.83. The fraction of sp³-hybridized carbons (Fsp3) is 0.211. The number of hydrogen-bond donors (Lipinski definition) is 1. The van der Waals surface area contributed by atoms with Gasteiger partial charge in [0.25, 0.3) is 0 Å². The van der Waals surface area contributed by atoms with E-state index in [2.05, 4.69) is 10.5 Å². The lowest BCUT2D eigenvalue weighted by atomic mass is 10.0. The Bertz CT molecular complexity index is 1090. The maximum atomic E-state index is 14.7. The first-order valence-electron chi connectivity index (χ1n) is 8.75. The van der Waals surface area contributed by atoms with Gasteiger partial charge in [0, 0.05) is 36.7 Å². The van der Waals surface area contributed by atoms with Crippen molar-refractivity contribution >= 4 is 17.6 Å². The average Bonchev–Trinajstić information content (AvgIpc) is 3.38. The molecule has 9 heteroatoms. The predicted octanol–water partition coefficient (Wildman–Crippen LogP) is 2.33. The molecule has 0 radical (unpaired) electrons. The number of anilines is 2. The lowest BCUT2D eigenvalue weighted by Gasteiger charge is -2.16. The third-order valence-electron chi connectivity index (χ3n) is 5.05. The molecule has 28 heavy (non-hydrogen) atoms. The summed E-state index contributed by atoms with van der Waals surface area (Å²) < 4.78 is 26.5. The molecule has 5 rings (SSSR count). The fourth-order valence-corrected chi connectivity index (χ4v) is 3.73. The van der Waals surface area contributed by atoms with Crippen molar-refractivity contribution in [2.75, 3.05) is 16.8 Å². The van der Waals surface area contributed by atoms with E-state index in [0.29, 0.717) is 30.2 Å². The van der Waals surface area contributed by atoms with Gasteiger partial charge >= 0.3 is 6.09 Å². The first-order valence-corrected chi connectivity index (χ1v) is 8.75. The van der Waals surface area contributed by atoms with Gasteiger partial charge in [0.15, 0.2) is 11.2 Å². The largest absolute Gasteiger partial charge is 0.442 e. The van der Waals surface area contributed by atoms with Gasteiger partial charge in [-0.25, -0.2) is 9.18 Å². The molecule has 142 valence electrons. The van der Waals surface area contributed by atoms with E-state index in [9.17, 15) is 14.0 Å². The van der Waals surface area contributed by atoms with E-state index in [1.165, 1.54) is 41.8 Å². The molecule has 3 aromatic rings. The van der Waals surface area contributed by atoms with Crippen molar-refractivity contribution in [1.82, 2.24) is 9.72 Å². The molecule has 1 saturated heterocycles. The molecule has 1 aromatic carbocycles. The molecule has 1 fully saturated rings. The number of ether oxygens (including phenoxy) is 1. The molecule has 0 aliphatic carbocycles. The monoisotopic (exact) mass is 382 g/mol. The van der Waals surface area contributed by atoms with Gasteiger partial charge in [-0.05, 0) is 18.1 Å². The molecule has 2 aliphatic heterocycles. The zero-order chi connectivity index (χ0) is 19.3. The van der Waals surface area contributed by atoms with Gasteiger partial charge in [-0.3, -0.25) is 9.69 Å².